The molecule has 0 amide bonds. The van der Waals surface area contributed by atoms with E-state index in [1.807, 2.05) is 13.8 Å². The third kappa shape index (κ3) is 1.46. The summed E-state index contributed by atoms with van der Waals surface area (Å²) in [5.74, 6) is 1.43. The van der Waals surface area contributed by atoms with Crippen molar-refractivity contribution in [3.05, 3.63) is 0 Å². The lowest BCUT2D eigenvalue weighted by atomic mass is 9.78. The average Bonchev–Trinajstić information content (AvgIpc) is 2.78. The first kappa shape index (κ1) is 11.0. The van der Waals surface area contributed by atoms with Crippen LogP contribution in [0.4, 0.5) is 0 Å². The van der Waals surface area contributed by atoms with Gasteiger partial charge >= 0.3 is 0 Å². The molecule has 2 unspecified atom stereocenters. The van der Waals surface area contributed by atoms with Crippen molar-refractivity contribution < 1.29 is 9.47 Å². The van der Waals surface area contributed by atoms with Gasteiger partial charge < -0.3 is 9.47 Å². The van der Waals surface area contributed by atoms with Gasteiger partial charge in [0.15, 0.2) is 5.79 Å². The number of rotatable bonds is 1. The number of ether oxygens (including phenoxy) is 2. The van der Waals surface area contributed by atoms with Crippen molar-refractivity contribution >= 4 is 0 Å². The highest BCUT2D eigenvalue weighted by Gasteiger charge is 2.66. The quantitative estimate of drug-likeness (QED) is 0.681. The van der Waals surface area contributed by atoms with E-state index in [-0.39, 0.29) is 5.79 Å². The minimum absolute atomic E-state index is 0.350. The fourth-order valence-corrected chi connectivity index (χ4v) is 4.05. The molecule has 1 heterocycles. The zero-order valence-corrected chi connectivity index (χ0v) is 11.0. The highest BCUT2D eigenvalue weighted by Crippen LogP contribution is 2.73. The van der Waals surface area contributed by atoms with Crippen LogP contribution in [-0.4, -0.2) is 19.0 Å². The SMILES string of the molecule is CC(C)C12CC1CC1(COC(C)(C)OC1)C2. The largest absolute Gasteiger partial charge is 0.350 e. The van der Waals surface area contributed by atoms with Crippen LogP contribution in [0.15, 0.2) is 0 Å². The van der Waals surface area contributed by atoms with Crippen molar-refractivity contribution in [2.75, 3.05) is 13.2 Å². The summed E-state index contributed by atoms with van der Waals surface area (Å²) in [6, 6.07) is 0. The first-order valence-corrected chi connectivity index (χ1v) is 6.66. The Balaban J connectivity index is 1.71. The Labute approximate surface area is 98.7 Å². The number of hydrogen-bond acceptors (Lipinski definition) is 2. The Morgan fingerprint density at radius 3 is 2.19 bits per heavy atom. The molecule has 2 atom stereocenters. The molecule has 2 heteroatoms. The topological polar surface area (TPSA) is 18.5 Å². The van der Waals surface area contributed by atoms with Gasteiger partial charge in [-0.25, -0.2) is 0 Å². The molecule has 3 fully saturated rings. The number of hydrogen-bond donors (Lipinski definition) is 0. The van der Waals surface area contributed by atoms with E-state index >= 15 is 0 Å². The van der Waals surface area contributed by atoms with Crippen molar-refractivity contribution in [3.63, 3.8) is 0 Å². The van der Waals surface area contributed by atoms with Gasteiger partial charge in [-0.1, -0.05) is 13.8 Å². The van der Waals surface area contributed by atoms with E-state index < -0.39 is 0 Å². The molecule has 1 saturated heterocycles. The van der Waals surface area contributed by atoms with Crippen molar-refractivity contribution in [3.8, 4) is 0 Å². The Hall–Kier alpha value is -0.0800. The third-order valence-corrected chi connectivity index (χ3v) is 5.26. The summed E-state index contributed by atoms with van der Waals surface area (Å²) >= 11 is 0. The summed E-state index contributed by atoms with van der Waals surface area (Å²) in [5, 5.41) is 0. The smallest absolute Gasteiger partial charge is 0.162 e. The molecule has 1 aliphatic heterocycles. The van der Waals surface area contributed by atoms with Crippen LogP contribution in [0.25, 0.3) is 0 Å². The average molecular weight is 224 g/mol. The van der Waals surface area contributed by atoms with E-state index in [4.69, 9.17) is 9.47 Å². The van der Waals surface area contributed by atoms with E-state index in [9.17, 15) is 0 Å². The molecule has 1 spiro atoms. The maximum absolute atomic E-state index is 5.87. The van der Waals surface area contributed by atoms with E-state index in [2.05, 4.69) is 13.8 Å². The maximum Gasteiger partial charge on any atom is 0.162 e. The zero-order chi connectivity index (χ0) is 11.6. The minimum atomic E-state index is -0.358. The van der Waals surface area contributed by atoms with Crippen molar-refractivity contribution in [2.24, 2.45) is 22.7 Å². The zero-order valence-electron chi connectivity index (χ0n) is 11.0. The van der Waals surface area contributed by atoms with E-state index in [1.54, 1.807) is 0 Å². The Morgan fingerprint density at radius 2 is 1.69 bits per heavy atom. The summed E-state index contributed by atoms with van der Waals surface area (Å²) in [7, 11) is 0. The normalized spacial score (nSPS) is 43.7. The Kier molecular flexibility index (Phi) is 2.09. The first-order chi connectivity index (χ1) is 7.38. The van der Waals surface area contributed by atoms with Gasteiger partial charge in [-0.05, 0) is 50.4 Å². The maximum atomic E-state index is 5.87. The van der Waals surface area contributed by atoms with Gasteiger partial charge in [-0.2, -0.15) is 0 Å². The van der Waals surface area contributed by atoms with Crippen LogP contribution in [0.1, 0.15) is 47.0 Å². The summed E-state index contributed by atoms with van der Waals surface area (Å²) in [4.78, 5) is 0. The second-order valence-electron chi connectivity index (χ2n) is 7.15. The van der Waals surface area contributed by atoms with Crippen molar-refractivity contribution in [1.82, 2.24) is 0 Å². The molecular formula is C14H24O2. The second-order valence-corrected chi connectivity index (χ2v) is 7.15. The van der Waals surface area contributed by atoms with Crippen molar-refractivity contribution in [1.29, 1.82) is 0 Å². The monoisotopic (exact) mass is 224 g/mol. The van der Waals surface area contributed by atoms with Gasteiger partial charge in [0.25, 0.3) is 0 Å². The molecular weight excluding hydrogens is 200 g/mol. The second kappa shape index (κ2) is 3.02. The van der Waals surface area contributed by atoms with Crippen LogP contribution in [-0.2, 0) is 9.47 Å². The Morgan fingerprint density at radius 1 is 1.06 bits per heavy atom. The molecule has 0 radical (unpaired) electrons. The molecule has 2 saturated carbocycles. The standard InChI is InChI=1S/C14H24O2/c1-10(2)14-6-11(14)5-13(7-14)8-15-12(3,4)16-9-13/h10-11H,5-9H2,1-4H3. The van der Waals surface area contributed by atoms with Crippen molar-refractivity contribution in [2.45, 2.75) is 52.7 Å². The Bertz CT molecular complexity index is 298. The molecule has 0 N–H and O–H groups in total. The summed E-state index contributed by atoms with van der Waals surface area (Å²) in [6.45, 7) is 10.6. The number of fused-ring (bicyclic) bond motifs is 1. The fraction of sp³-hybridized carbons (Fsp3) is 1.00. The molecule has 3 rings (SSSR count). The molecule has 92 valence electrons. The van der Waals surface area contributed by atoms with Gasteiger partial charge in [-0.15, -0.1) is 0 Å². The van der Waals surface area contributed by atoms with Gasteiger partial charge in [0, 0.05) is 5.41 Å². The van der Waals surface area contributed by atoms with Crippen LogP contribution < -0.4 is 0 Å². The molecule has 2 aliphatic carbocycles. The van der Waals surface area contributed by atoms with Gasteiger partial charge in [0.2, 0.25) is 0 Å². The van der Waals surface area contributed by atoms with Crippen LogP contribution in [0.3, 0.4) is 0 Å². The third-order valence-electron chi connectivity index (χ3n) is 5.26. The summed E-state index contributed by atoms with van der Waals surface area (Å²) in [5.41, 5.74) is 0.997. The molecule has 2 nitrogen and oxygen atoms in total. The van der Waals surface area contributed by atoms with Gasteiger partial charge in [0.1, 0.15) is 0 Å². The highest BCUT2D eigenvalue weighted by molar-refractivity contribution is 5.15. The molecule has 0 aromatic heterocycles. The van der Waals surface area contributed by atoms with Crippen LogP contribution >= 0.6 is 0 Å². The summed E-state index contributed by atoms with van der Waals surface area (Å²) in [6.07, 6.45) is 4.12. The predicted molar refractivity (Wildman–Crippen MR) is 63.0 cm³/mol. The molecule has 0 aromatic rings. The highest BCUT2D eigenvalue weighted by atomic mass is 16.7. The lowest BCUT2D eigenvalue weighted by Gasteiger charge is -2.43. The van der Waals surface area contributed by atoms with Crippen LogP contribution in [0.2, 0.25) is 0 Å². The molecule has 3 aliphatic rings. The predicted octanol–water partition coefficient (Wildman–Crippen LogP) is 3.21. The van der Waals surface area contributed by atoms with Gasteiger partial charge in [-0.3, -0.25) is 0 Å². The minimum Gasteiger partial charge on any atom is -0.350 e. The van der Waals surface area contributed by atoms with E-state index in [0.29, 0.717) is 10.8 Å². The molecule has 16 heavy (non-hydrogen) atoms. The van der Waals surface area contributed by atoms with E-state index in [0.717, 1.165) is 25.0 Å². The fourth-order valence-electron chi connectivity index (χ4n) is 4.05. The van der Waals surface area contributed by atoms with Crippen LogP contribution in [0, 0.1) is 22.7 Å². The molecule has 0 aromatic carbocycles. The lowest BCUT2D eigenvalue weighted by molar-refractivity contribution is -0.286. The van der Waals surface area contributed by atoms with E-state index in [1.165, 1.54) is 19.3 Å². The van der Waals surface area contributed by atoms with Crippen LogP contribution in [0.5, 0.6) is 0 Å². The molecule has 0 bridgehead atoms. The first-order valence-electron chi connectivity index (χ1n) is 6.66. The summed E-state index contributed by atoms with van der Waals surface area (Å²) < 4.78 is 11.7. The van der Waals surface area contributed by atoms with Gasteiger partial charge in [0.05, 0.1) is 13.2 Å². The lowest BCUT2D eigenvalue weighted by Crippen LogP contribution is -2.46.